The summed E-state index contributed by atoms with van der Waals surface area (Å²) in [5.74, 6) is 0. The van der Waals surface area contributed by atoms with Crippen molar-refractivity contribution < 1.29 is 0 Å². The minimum Gasteiger partial charge on any atom is -0.381 e. The van der Waals surface area contributed by atoms with Gasteiger partial charge in [-0.25, -0.2) is 0 Å². The SMILES string of the molecule is C=C(/C=C\C=C(C)C)CNC(=C)c1c(C)cccc1-c1ccccc1. The van der Waals surface area contributed by atoms with Crippen molar-refractivity contribution in [2.45, 2.75) is 20.8 Å². The van der Waals surface area contributed by atoms with Gasteiger partial charge in [0, 0.05) is 17.8 Å². The highest BCUT2D eigenvalue weighted by molar-refractivity contribution is 5.81. The molecular formula is C24H27N. The van der Waals surface area contributed by atoms with E-state index in [9.17, 15) is 0 Å². The molecule has 2 rings (SSSR count). The summed E-state index contributed by atoms with van der Waals surface area (Å²) in [5, 5.41) is 3.42. The minimum absolute atomic E-state index is 0.675. The minimum atomic E-state index is 0.675. The standard InChI is InChI=1S/C24H27N/c1-18(2)11-9-12-19(3)17-25-21(5)24-20(4)13-10-16-23(24)22-14-7-6-8-15-22/h6-16,25H,3,5,17H2,1-2,4H3/b12-9-. The van der Waals surface area contributed by atoms with Gasteiger partial charge in [0.05, 0.1) is 0 Å². The van der Waals surface area contributed by atoms with Crippen LogP contribution < -0.4 is 5.32 Å². The number of aryl methyl sites for hydroxylation is 1. The molecule has 128 valence electrons. The van der Waals surface area contributed by atoms with Crippen LogP contribution in [0.25, 0.3) is 16.8 Å². The predicted octanol–water partition coefficient (Wildman–Crippen LogP) is 6.30. The van der Waals surface area contributed by atoms with Gasteiger partial charge in [0.25, 0.3) is 0 Å². The zero-order valence-electron chi connectivity index (χ0n) is 15.5. The molecule has 0 spiro atoms. The largest absolute Gasteiger partial charge is 0.381 e. The van der Waals surface area contributed by atoms with E-state index in [0.717, 1.165) is 16.8 Å². The number of rotatable bonds is 7. The first kappa shape index (κ1) is 18.5. The Bertz CT molecular complexity index is 803. The molecule has 0 aliphatic rings. The van der Waals surface area contributed by atoms with Gasteiger partial charge in [0.15, 0.2) is 0 Å². The fraction of sp³-hybridized carbons (Fsp3) is 0.167. The maximum absolute atomic E-state index is 4.26. The quantitative estimate of drug-likeness (QED) is 0.588. The molecule has 0 heterocycles. The van der Waals surface area contributed by atoms with Crippen LogP contribution in [-0.2, 0) is 0 Å². The van der Waals surface area contributed by atoms with Crippen molar-refractivity contribution in [2.24, 2.45) is 0 Å². The van der Waals surface area contributed by atoms with Crippen LogP contribution in [0, 0.1) is 6.92 Å². The molecule has 2 aromatic carbocycles. The predicted molar refractivity (Wildman–Crippen MR) is 111 cm³/mol. The van der Waals surface area contributed by atoms with Crippen LogP contribution in [-0.4, -0.2) is 6.54 Å². The van der Waals surface area contributed by atoms with Crippen molar-refractivity contribution >= 4 is 5.70 Å². The molecular weight excluding hydrogens is 302 g/mol. The van der Waals surface area contributed by atoms with E-state index >= 15 is 0 Å². The van der Waals surface area contributed by atoms with E-state index in [1.165, 1.54) is 22.3 Å². The number of nitrogens with one attached hydrogen (secondary N) is 1. The van der Waals surface area contributed by atoms with E-state index in [-0.39, 0.29) is 0 Å². The number of hydrogen-bond donors (Lipinski definition) is 1. The summed E-state index contributed by atoms with van der Waals surface area (Å²) < 4.78 is 0. The molecule has 25 heavy (non-hydrogen) atoms. The number of allylic oxidation sites excluding steroid dienone is 3. The Morgan fingerprint density at radius 3 is 2.40 bits per heavy atom. The monoisotopic (exact) mass is 329 g/mol. The first-order valence-electron chi connectivity index (χ1n) is 8.56. The number of hydrogen-bond acceptors (Lipinski definition) is 1. The van der Waals surface area contributed by atoms with Crippen LogP contribution in [0.3, 0.4) is 0 Å². The Kier molecular flexibility index (Phi) is 6.59. The van der Waals surface area contributed by atoms with Gasteiger partial charge in [-0.15, -0.1) is 0 Å². The lowest BCUT2D eigenvalue weighted by Gasteiger charge is -2.17. The summed E-state index contributed by atoms with van der Waals surface area (Å²) in [6, 6.07) is 16.8. The van der Waals surface area contributed by atoms with Crippen LogP contribution in [0.5, 0.6) is 0 Å². The molecule has 0 bridgehead atoms. The van der Waals surface area contributed by atoms with Gasteiger partial charge in [-0.3, -0.25) is 0 Å². The lowest BCUT2D eigenvalue weighted by molar-refractivity contribution is 0.981. The van der Waals surface area contributed by atoms with E-state index in [4.69, 9.17) is 0 Å². The zero-order chi connectivity index (χ0) is 18.2. The normalized spacial score (nSPS) is 10.5. The van der Waals surface area contributed by atoms with Crippen molar-refractivity contribution in [3.63, 3.8) is 0 Å². The van der Waals surface area contributed by atoms with Crippen molar-refractivity contribution in [2.75, 3.05) is 6.54 Å². The summed E-state index contributed by atoms with van der Waals surface area (Å²) in [5.41, 5.74) is 7.99. The van der Waals surface area contributed by atoms with E-state index < -0.39 is 0 Å². The second-order valence-corrected chi connectivity index (χ2v) is 6.46. The second-order valence-electron chi connectivity index (χ2n) is 6.46. The van der Waals surface area contributed by atoms with Crippen molar-refractivity contribution in [1.82, 2.24) is 5.32 Å². The third-order valence-electron chi connectivity index (χ3n) is 3.95. The van der Waals surface area contributed by atoms with E-state index in [2.05, 4.69) is 87.8 Å². The molecule has 0 aliphatic carbocycles. The molecule has 0 saturated heterocycles. The first-order valence-corrected chi connectivity index (χ1v) is 8.56. The molecule has 0 aliphatic heterocycles. The van der Waals surface area contributed by atoms with Crippen LogP contribution in [0.1, 0.15) is 25.0 Å². The van der Waals surface area contributed by atoms with Crippen molar-refractivity contribution in [3.8, 4) is 11.1 Å². The molecule has 2 aromatic rings. The summed E-state index contributed by atoms with van der Waals surface area (Å²) in [6.07, 6.45) is 6.14. The topological polar surface area (TPSA) is 12.0 Å². The van der Waals surface area contributed by atoms with Crippen molar-refractivity contribution in [1.29, 1.82) is 0 Å². The van der Waals surface area contributed by atoms with Gasteiger partial charge in [0.1, 0.15) is 0 Å². The summed E-state index contributed by atoms with van der Waals surface area (Å²) in [7, 11) is 0. The zero-order valence-corrected chi connectivity index (χ0v) is 15.5. The molecule has 0 radical (unpaired) electrons. The van der Waals surface area contributed by atoms with Crippen LogP contribution >= 0.6 is 0 Å². The summed E-state index contributed by atoms with van der Waals surface area (Å²) >= 11 is 0. The third-order valence-corrected chi connectivity index (χ3v) is 3.95. The van der Waals surface area contributed by atoms with E-state index in [1.54, 1.807) is 0 Å². The Morgan fingerprint density at radius 2 is 1.72 bits per heavy atom. The Morgan fingerprint density at radius 1 is 1.00 bits per heavy atom. The molecule has 1 nitrogen and oxygen atoms in total. The third kappa shape index (κ3) is 5.36. The smallest absolute Gasteiger partial charge is 0.0394 e. The average Bonchev–Trinajstić information content (AvgIpc) is 2.60. The maximum atomic E-state index is 4.26. The Hall–Kier alpha value is -2.80. The Balaban J connectivity index is 2.16. The average molecular weight is 329 g/mol. The van der Waals surface area contributed by atoms with Gasteiger partial charge in [0.2, 0.25) is 0 Å². The molecule has 1 heteroatoms. The molecule has 0 amide bonds. The summed E-state index contributed by atoms with van der Waals surface area (Å²) in [4.78, 5) is 0. The molecule has 0 unspecified atom stereocenters. The van der Waals surface area contributed by atoms with E-state index in [0.29, 0.717) is 6.54 Å². The summed E-state index contributed by atoms with van der Waals surface area (Å²) in [6.45, 7) is 15.3. The lowest BCUT2D eigenvalue weighted by Crippen LogP contribution is -2.15. The van der Waals surface area contributed by atoms with Crippen LogP contribution in [0.2, 0.25) is 0 Å². The fourth-order valence-electron chi connectivity index (χ4n) is 2.67. The molecule has 0 saturated carbocycles. The highest BCUT2D eigenvalue weighted by Gasteiger charge is 2.10. The van der Waals surface area contributed by atoms with Gasteiger partial charge >= 0.3 is 0 Å². The maximum Gasteiger partial charge on any atom is 0.0394 e. The van der Waals surface area contributed by atoms with E-state index in [1.807, 2.05) is 18.2 Å². The molecule has 0 aromatic heterocycles. The Labute approximate surface area is 152 Å². The van der Waals surface area contributed by atoms with Gasteiger partial charge in [-0.2, -0.15) is 0 Å². The fourth-order valence-corrected chi connectivity index (χ4v) is 2.67. The molecule has 1 N–H and O–H groups in total. The second kappa shape index (κ2) is 8.89. The molecule has 0 fully saturated rings. The van der Waals surface area contributed by atoms with Crippen LogP contribution in [0.15, 0.2) is 91.1 Å². The van der Waals surface area contributed by atoms with Gasteiger partial charge in [-0.1, -0.05) is 85.5 Å². The van der Waals surface area contributed by atoms with Gasteiger partial charge < -0.3 is 5.32 Å². The van der Waals surface area contributed by atoms with Crippen molar-refractivity contribution in [3.05, 3.63) is 102 Å². The first-order chi connectivity index (χ1) is 12.0. The van der Waals surface area contributed by atoms with Crippen LogP contribution in [0.4, 0.5) is 0 Å². The lowest BCUT2D eigenvalue weighted by atomic mass is 9.94. The highest BCUT2D eigenvalue weighted by Crippen LogP contribution is 2.29. The van der Waals surface area contributed by atoms with Gasteiger partial charge in [-0.05, 0) is 43.0 Å². The molecule has 0 atom stereocenters. The highest BCUT2D eigenvalue weighted by atomic mass is 14.9. The number of benzene rings is 2.